The number of allylic oxidation sites excluding steroid dienone is 4. The highest BCUT2D eigenvalue weighted by atomic mass is 79.9. The summed E-state index contributed by atoms with van der Waals surface area (Å²) in [5.74, 6) is 0. The molecular weight excluding hydrogens is 322 g/mol. The van der Waals surface area contributed by atoms with Crippen molar-refractivity contribution in [3.8, 4) is 0 Å². The van der Waals surface area contributed by atoms with E-state index in [-0.39, 0.29) is 0 Å². The van der Waals surface area contributed by atoms with Crippen LogP contribution in [0.2, 0.25) is 0 Å². The number of hydrogen-bond acceptors (Lipinski definition) is 1. The Kier molecular flexibility index (Phi) is 4.07. The minimum absolute atomic E-state index is 0.906. The second-order valence-corrected chi connectivity index (χ2v) is 5.84. The van der Waals surface area contributed by atoms with Crippen molar-refractivity contribution in [3.05, 3.63) is 95.1 Å². The molecule has 1 aliphatic rings. The molecule has 104 valence electrons. The molecule has 0 saturated heterocycles. The summed E-state index contributed by atoms with van der Waals surface area (Å²) in [5, 5.41) is 0. The summed E-state index contributed by atoms with van der Waals surface area (Å²) in [4.78, 5) is 2.20. The molecule has 3 rings (SSSR count). The standard InChI is InChI=1S/C19H16BrN/c1-15-8-4-2-5-9-16-12-13-17(20)14-19(16)21(15)18-10-6-3-7-11-18/h2-8,10-14H,1,9H2/b5-2-,8-4-. The van der Waals surface area contributed by atoms with E-state index in [9.17, 15) is 0 Å². The molecule has 1 nitrogen and oxygen atoms in total. The van der Waals surface area contributed by atoms with Gasteiger partial charge >= 0.3 is 0 Å². The Morgan fingerprint density at radius 2 is 1.81 bits per heavy atom. The van der Waals surface area contributed by atoms with Crippen LogP contribution in [0.25, 0.3) is 0 Å². The van der Waals surface area contributed by atoms with E-state index in [0.29, 0.717) is 0 Å². The minimum Gasteiger partial charge on any atom is -0.311 e. The van der Waals surface area contributed by atoms with Gasteiger partial charge in [0.15, 0.2) is 0 Å². The number of benzene rings is 2. The van der Waals surface area contributed by atoms with Gasteiger partial charge in [-0.2, -0.15) is 0 Å². The van der Waals surface area contributed by atoms with E-state index in [4.69, 9.17) is 0 Å². The van der Waals surface area contributed by atoms with Crippen LogP contribution in [-0.4, -0.2) is 0 Å². The first-order valence-electron chi connectivity index (χ1n) is 6.91. The number of anilines is 2. The van der Waals surface area contributed by atoms with Crippen LogP contribution in [0.5, 0.6) is 0 Å². The first kappa shape index (κ1) is 13.9. The Morgan fingerprint density at radius 3 is 2.62 bits per heavy atom. The van der Waals surface area contributed by atoms with E-state index in [1.54, 1.807) is 0 Å². The molecule has 0 spiro atoms. The number of para-hydroxylation sites is 1. The van der Waals surface area contributed by atoms with Crippen LogP contribution in [0, 0.1) is 0 Å². The number of nitrogens with zero attached hydrogens (tertiary/aromatic N) is 1. The molecule has 2 aromatic rings. The van der Waals surface area contributed by atoms with E-state index in [2.05, 4.69) is 82.0 Å². The minimum atomic E-state index is 0.906. The molecule has 0 aliphatic carbocycles. The first-order chi connectivity index (χ1) is 10.3. The predicted octanol–water partition coefficient (Wildman–Crippen LogP) is 5.77. The molecule has 0 atom stereocenters. The summed E-state index contributed by atoms with van der Waals surface area (Å²) in [6.45, 7) is 4.23. The van der Waals surface area contributed by atoms with Crippen LogP contribution >= 0.6 is 15.9 Å². The van der Waals surface area contributed by atoms with Gasteiger partial charge < -0.3 is 4.90 Å². The van der Waals surface area contributed by atoms with Crippen molar-refractivity contribution in [1.82, 2.24) is 0 Å². The molecule has 0 aromatic heterocycles. The van der Waals surface area contributed by atoms with Gasteiger partial charge in [-0.1, -0.05) is 65.0 Å². The number of hydrogen-bond donors (Lipinski definition) is 0. The molecule has 0 bridgehead atoms. The van der Waals surface area contributed by atoms with Crippen LogP contribution in [0.3, 0.4) is 0 Å². The fourth-order valence-corrected chi connectivity index (χ4v) is 2.82. The lowest BCUT2D eigenvalue weighted by molar-refractivity contribution is 1.16. The largest absolute Gasteiger partial charge is 0.311 e. The van der Waals surface area contributed by atoms with Crippen molar-refractivity contribution in [2.75, 3.05) is 4.90 Å². The van der Waals surface area contributed by atoms with Crippen LogP contribution in [0.15, 0.2) is 89.6 Å². The van der Waals surface area contributed by atoms with Gasteiger partial charge in [0.25, 0.3) is 0 Å². The van der Waals surface area contributed by atoms with Gasteiger partial charge in [0.05, 0.1) is 5.69 Å². The van der Waals surface area contributed by atoms with Crippen molar-refractivity contribution in [3.63, 3.8) is 0 Å². The predicted molar refractivity (Wildman–Crippen MR) is 93.8 cm³/mol. The van der Waals surface area contributed by atoms with Crippen LogP contribution in [0.1, 0.15) is 5.56 Å². The molecule has 0 N–H and O–H groups in total. The number of rotatable bonds is 1. The van der Waals surface area contributed by atoms with E-state index in [1.807, 2.05) is 18.2 Å². The van der Waals surface area contributed by atoms with Crippen LogP contribution in [-0.2, 0) is 6.42 Å². The quantitative estimate of drug-likeness (QED) is 0.638. The lowest BCUT2D eigenvalue weighted by Gasteiger charge is -2.27. The summed E-state index contributed by atoms with van der Waals surface area (Å²) < 4.78 is 1.07. The highest BCUT2D eigenvalue weighted by Gasteiger charge is 2.15. The van der Waals surface area contributed by atoms with Gasteiger partial charge in [0.2, 0.25) is 0 Å². The molecule has 0 fully saturated rings. The van der Waals surface area contributed by atoms with E-state index in [0.717, 1.165) is 28.0 Å². The summed E-state index contributed by atoms with van der Waals surface area (Å²) >= 11 is 3.58. The van der Waals surface area contributed by atoms with Crippen molar-refractivity contribution in [1.29, 1.82) is 0 Å². The Labute approximate surface area is 134 Å². The molecule has 0 unspecified atom stereocenters. The maximum atomic E-state index is 4.23. The molecule has 0 radical (unpaired) electrons. The summed E-state index contributed by atoms with van der Waals surface area (Å²) in [6, 6.07) is 16.7. The van der Waals surface area contributed by atoms with Crippen molar-refractivity contribution in [2.24, 2.45) is 0 Å². The lowest BCUT2D eigenvalue weighted by Crippen LogP contribution is -2.15. The topological polar surface area (TPSA) is 3.24 Å². The highest BCUT2D eigenvalue weighted by Crippen LogP contribution is 2.35. The zero-order valence-electron chi connectivity index (χ0n) is 11.7. The molecule has 1 aliphatic heterocycles. The maximum Gasteiger partial charge on any atom is 0.0507 e. The average molecular weight is 338 g/mol. The van der Waals surface area contributed by atoms with Gasteiger partial charge in [0.1, 0.15) is 0 Å². The molecule has 0 amide bonds. The summed E-state index contributed by atoms with van der Waals surface area (Å²) in [5.41, 5.74) is 4.51. The summed E-state index contributed by atoms with van der Waals surface area (Å²) in [7, 11) is 0. The zero-order valence-corrected chi connectivity index (χ0v) is 13.3. The smallest absolute Gasteiger partial charge is 0.0507 e. The van der Waals surface area contributed by atoms with Crippen molar-refractivity contribution < 1.29 is 0 Å². The normalized spacial score (nSPS) is 17.4. The molecule has 2 aromatic carbocycles. The first-order valence-corrected chi connectivity index (χ1v) is 7.71. The van der Waals surface area contributed by atoms with Gasteiger partial charge in [0, 0.05) is 15.9 Å². The zero-order chi connectivity index (χ0) is 14.7. The molecular formula is C19H16BrN. The second-order valence-electron chi connectivity index (χ2n) is 4.93. The Balaban J connectivity index is 2.20. The van der Waals surface area contributed by atoms with Gasteiger partial charge in [-0.25, -0.2) is 0 Å². The SMILES string of the molecule is C=C1/C=C\C=C/Cc2ccc(Br)cc2N1c1ccccc1. The third-order valence-electron chi connectivity index (χ3n) is 3.46. The third kappa shape index (κ3) is 3.01. The lowest BCUT2D eigenvalue weighted by atomic mass is 10.1. The van der Waals surface area contributed by atoms with Gasteiger partial charge in [-0.3, -0.25) is 0 Å². The average Bonchev–Trinajstić information content (AvgIpc) is 2.57. The van der Waals surface area contributed by atoms with Crippen molar-refractivity contribution in [2.45, 2.75) is 6.42 Å². The fraction of sp³-hybridized carbons (Fsp3) is 0.0526. The third-order valence-corrected chi connectivity index (χ3v) is 3.96. The van der Waals surface area contributed by atoms with Crippen LogP contribution < -0.4 is 4.90 Å². The van der Waals surface area contributed by atoms with E-state index in [1.165, 1.54) is 5.56 Å². The van der Waals surface area contributed by atoms with Gasteiger partial charge in [-0.15, -0.1) is 0 Å². The summed E-state index contributed by atoms with van der Waals surface area (Å²) in [6.07, 6.45) is 9.23. The van der Waals surface area contributed by atoms with E-state index < -0.39 is 0 Å². The molecule has 2 heteroatoms. The maximum absolute atomic E-state index is 4.23. The second kappa shape index (κ2) is 6.15. The molecule has 1 heterocycles. The van der Waals surface area contributed by atoms with Crippen LogP contribution in [0.4, 0.5) is 11.4 Å². The van der Waals surface area contributed by atoms with E-state index >= 15 is 0 Å². The Hall–Kier alpha value is -2.06. The molecule has 0 saturated carbocycles. The number of halogens is 1. The highest BCUT2D eigenvalue weighted by molar-refractivity contribution is 9.10. The molecule has 21 heavy (non-hydrogen) atoms. The fourth-order valence-electron chi connectivity index (χ4n) is 2.47. The monoisotopic (exact) mass is 337 g/mol. The Bertz CT molecular complexity index is 714. The number of fused-ring (bicyclic) bond motifs is 1. The van der Waals surface area contributed by atoms with Crippen molar-refractivity contribution >= 4 is 27.3 Å². The van der Waals surface area contributed by atoms with Gasteiger partial charge in [-0.05, 0) is 42.3 Å². The Morgan fingerprint density at radius 1 is 1.00 bits per heavy atom.